The first-order valence-electron chi connectivity index (χ1n) is 7.18. The third kappa shape index (κ3) is 4.10. The standard InChI is InChI=1S/C15H20N2O3S2/c1-3-8-17(13-7-9-22(19,20)11-13)15(18)12-5-6-14(16-10-12)21-4-2/h3,5-6,10,13H,1,4,7-9,11H2,2H3/t13-/m0/s1. The molecule has 7 heteroatoms. The van der Waals surface area contributed by atoms with Crippen molar-refractivity contribution in [3.05, 3.63) is 36.5 Å². The topological polar surface area (TPSA) is 67.3 Å². The van der Waals surface area contributed by atoms with Gasteiger partial charge in [0.05, 0.1) is 22.1 Å². The van der Waals surface area contributed by atoms with Crippen molar-refractivity contribution in [2.24, 2.45) is 0 Å². The summed E-state index contributed by atoms with van der Waals surface area (Å²) in [5, 5.41) is 0.873. The van der Waals surface area contributed by atoms with Gasteiger partial charge in [0.15, 0.2) is 9.84 Å². The van der Waals surface area contributed by atoms with Crippen LogP contribution in [0.25, 0.3) is 0 Å². The molecule has 1 aliphatic rings. The molecule has 0 unspecified atom stereocenters. The van der Waals surface area contributed by atoms with Gasteiger partial charge in [-0.05, 0) is 24.3 Å². The van der Waals surface area contributed by atoms with Gasteiger partial charge in [-0.3, -0.25) is 4.79 Å². The van der Waals surface area contributed by atoms with Crippen LogP contribution in [0.2, 0.25) is 0 Å². The van der Waals surface area contributed by atoms with E-state index in [1.807, 2.05) is 13.0 Å². The number of nitrogens with zero attached hydrogens (tertiary/aromatic N) is 2. The Morgan fingerprint density at radius 3 is 2.82 bits per heavy atom. The fourth-order valence-electron chi connectivity index (χ4n) is 2.46. The van der Waals surface area contributed by atoms with Gasteiger partial charge < -0.3 is 4.90 Å². The number of hydrogen-bond acceptors (Lipinski definition) is 5. The van der Waals surface area contributed by atoms with Gasteiger partial charge in [-0.25, -0.2) is 13.4 Å². The molecule has 0 bridgehead atoms. The number of amides is 1. The molecule has 1 saturated heterocycles. The maximum atomic E-state index is 12.6. The molecule has 1 aliphatic heterocycles. The molecule has 0 aromatic carbocycles. The summed E-state index contributed by atoms with van der Waals surface area (Å²) < 4.78 is 23.3. The molecule has 1 aromatic rings. The Hall–Kier alpha value is -1.34. The minimum absolute atomic E-state index is 0.0315. The zero-order valence-corrected chi connectivity index (χ0v) is 14.2. The molecule has 5 nitrogen and oxygen atoms in total. The maximum absolute atomic E-state index is 12.6. The highest BCUT2D eigenvalue weighted by atomic mass is 32.2. The van der Waals surface area contributed by atoms with Crippen molar-refractivity contribution in [3.63, 3.8) is 0 Å². The highest BCUT2D eigenvalue weighted by Crippen LogP contribution is 2.21. The third-order valence-electron chi connectivity index (χ3n) is 3.51. The van der Waals surface area contributed by atoms with E-state index in [0.29, 0.717) is 18.5 Å². The normalized spacial score (nSPS) is 19.8. The Morgan fingerprint density at radius 2 is 2.32 bits per heavy atom. The monoisotopic (exact) mass is 340 g/mol. The van der Waals surface area contributed by atoms with Crippen LogP contribution in [0.4, 0.5) is 0 Å². The van der Waals surface area contributed by atoms with Gasteiger partial charge >= 0.3 is 0 Å². The fraction of sp³-hybridized carbons (Fsp3) is 0.467. The van der Waals surface area contributed by atoms with E-state index in [4.69, 9.17) is 0 Å². The van der Waals surface area contributed by atoms with Crippen LogP contribution < -0.4 is 0 Å². The minimum Gasteiger partial charge on any atom is -0.331 e. The molecule has 0 N–H and O–H groups in total. The smallest absolute Gasteiger partial charge is 0.255 e. The number of pyridine rings is 1. The van der Waals surface area contributed by atoms with Crippen LogP contribution in [0.1, 0.15) is 23.7 Å². The van der Waals surface area contributed by atoms with Gasteiger partial charge in [-0.1, -0.05) is 13.0 Å². The molecule has 0 spiro atoms. The Bertz CT molecular complexity index is 641. The predicted octanol–water partition coefficient (Wildman–Crippen LogP) is 2.01. The Kier molecular flexibility index (Phi) is 5.63. The van der Waals surface area contributed by atoms with Crippen molar-refractivity contribution in [2.75, 3.05) is 23.8 Å². The second-order valence-electron chi connectivity index (χ2n) is 5.12. The van der Waals surface area contributed by atoms with Crippen LogP contribution in [-0.2, 0) is 9.84 Å². The van der Waals surface area contributed by atoms with Crippen molar-refractivity contribution >= 4 is 27.5 Å². The molecule has 1 amide bonds. The number of aromatic nitrogens is 1. The number of thioether (sulfide) groups is 1. The predicted molar refractivity (Wildman–Crippen MR) is 88.9 cm³/mol. The molecule has 0 aliphatic carbocycles. The average molecular weight is 340 g/mol. The lowest BCUT2D eigenvalue weighted by atomic mass is 10.1. The second kappa shape index (κ2) is 7.28. The van der Waals surface area contributed by atoms with Crippen LogP contribution in [0.5, 0.6) is 0 Å². The van der Waals surface area contributed by atoms with Gasteiger partial charge in [-0.2, -0.15) is 0 Å². The molecule has 0 saturated carbocycles. The summed E-state index contributed by atoms with van der Waals surface area (Å²) in [4.78, 5) is 18.5. The van der Waals surface area contributed by atoms with Gasteiger partial charge in [-0.15, -0.1) is 18.3 Å². The molecule has 2 heterocycles. The van der Waals surface area contributed by atoms with Crippen molar-refractivity contribution < 1.29 is 13.2 Å². The average Bonchev–Trinajstić information content (AvgIpc) is 2.85. The number of carbonyl (C=O) groups excluding carboxylic acids is 1. The SMILES string of the molecule is C=CCN(C(=O)c1ccc(SCC)nc1)[C@H]1CCS(=O)(=O)C1. The van der Waals surface area contributed by atoms with E-state index in [9.17, 15) is 13.2 Å². The molecule has 0 radical (unpaired) electrons. The third-order valence-corrected chi connectivity index (χ3v) is 6.09. The second-order valence-corrected chi connectivity index (χ2v) is 8.63. The number of rotatable bonds is 6. The first-order chi connectivity index (χ1) is 10.5. The number of sulfone groups is 1. The van der Waals surface area contributed by atoms with E-state index < -0.39 is 9.84 Å². The summed E-state index contributed by atoms with van der Waals surface area (Å²) in [6, 6.07) is 3.28. The Labute approximate surface area is 135 Å². The molecular weight excluding hydrogens is 320 g/mol. The number of hydrogen-bond donors (Lipinski definition) is 0. The molecule has 22 heavy (non-hydrogen) atoms. The van der Waals surface area contributed by atoms with E-state index in [-0.39, 0.29) is 23.5 Å². The Morgan fingerprint density at radius 1 is 1.55 bits per heavy atom. The molecule has 120 valence electrons. The first-order valence-corrected chi connectivity index (χ1v) is 9.98. The lowest BCUT2D eigenvalue weighted by Gasteiger charge is -2.27. The van der Waals surface area contributed by atoms with Gasteiger partial charge in [0.25, 0.3) is 5.91 Å². The van der Waals surface area contributed by atoms with Crippen molar-refractivity contribution in [2.45, 2.75) is 24.4 Å². The van der Waals surface area contributed by atoms with Crippen molar-refractivity contribution in [1.82, 2.24) is 9.88 Å². The number of carbonyl (C=O) groups is 1. The van der Waals surface area contributed by atoms with Gasteiger partial charge in [0, 0.05) is 18.8 Å². The summed E-state index contributed by atoms with van der Waals surface area (Å²) in [6.07, 6.45) is 3.66. The lowest BCUT2D eigenvalue weighted by Crippen LogP contribution is -2.41. The van der Waals surface area contributed by atoms with Gasteiger partial charge in [0.1, 0.15) is 0 Å². The van der Waals surface area contributed by atoms with Crippen LogP contribution in [0, 0.1) is 0 Å². The lowest BCUT2D eigenvalue weighted by molar-refractivity contribution is 0.0720. The summed E-state index contributed by atoms with van der Waals surface area (Å²) in [6.45, 7) is 6.04. The molecular formula is C15H20N2O3S2. The first kappa shape index (κ1) is 17.0. The quantitative estimate of drug-likeness (QED) is 0.585. The zero-order chi connectivity index (χ0) is 16.2. The van der Waals surface area contributed by atoms with Crippen LogP contribution in [-0.4, -0.2) is 54.1 Å². The van der Waals surface area contributed by atoms with Crippen molar-refractivity contribution in [1.29, 1.82) is 0 Å². The highest BCUT2D eigenvalue weighted by Gasteiger charge is 2.34. The van der Waals surface area contributed by atoms with Crippen LogP contribution in [0.3, 0.4) is 0 Å². The van der Waals surface area contributed by atoms with E-state index in [1.165, 1.54) is 0 Å². The fourth-order valence-corrected chi connectivity index (χ4v) is 4.78. The summed E-state index contributed by atoms with van der Waals surface area (Å²) in [5.74, 6) is 0.901. The summed E-state index contributed by atoms with van der Waals surface area (Å²) >= 11 is 1.61. The molecule has 1 fully saturated rings. The van der Waals surface area contributed by atoms with Crippen LogP contribution >= 0.6 is 11.8 Å². The summed E-state index contributed by atoms with van der Waals surface area (Å²) in [7, 11) is -3.04. The summed E-state index contributed by atoms with van der Waals surface area (Å²) in [5.41, 5.74) is 0.478. The largest absolute Gasteiger partial charge is 0.331 e. The van der Waals surface area contributed by atoms with Crippen molar-refractivity contribution in [3.8, 4) is 0 Å². The van der Waals surface area contributed by atoms with E-state index in [2.05, 4.69) is 11.6 Å². The molecule has 2 rings (SSSR count). The highest BCUT2D eigenvalue weighted by molar-refractivity contribution is 7.99. The van der Waals surface area contributed by atoms with Crippen LogP contribution in [0.15, 0.2) is 36.0 Å². The molecule has 1 aromatic heterocycles. The van der Waals surface area contributed by atoms with E-state index in [0.717, 1.165) is 10.8 Å². The van der Waals surface area contributed by atoms with E-state index in [1.54, 1.807) is 35.0 Å². The van der Waals surface area contributed by atoms with E-state index >= 15 is 0 Å². The van der Waals surface area contributed by atoms with Gasteiger partial charge in [0.2, 0.25) is 0 Å². The molecule has 1 atom stereocenters. The maximum Gasteiger partial charge on any atom is 0.255 e. The zero-order valence-electron chi connectivity index (χ0n) is 12.6. The minimum atomic E-state index is -3.04. The Balaban J connectivity index is 2.17.